The first-order chi connectivity index (χ1) is 18.0. The normalized spacial score (nSPS) is 19.7. The van der Waals surface area contributed by atoms with Crippen molar-refractivity contribution in [1.82, 2.24) is 24.8 Å². The average Bonchev–Trinajstić information content (AvgIpc) is 3.71. The molecule has 1 N–H and O–H groups in total. The SMILES string of the molecule is Cc1cc(C(=O)N2CC[C@@H](NC(=O)c3ncccc3C3CC3)[C@@H](c3ccccc3)C2)cc2c1ncn2C. The summed E-state index contributed by atoms with van der Waals surface area (Å²) in [6.45, 7) is 3.11. The number of likely N-dealkylation sites (tertiary alicyclic amines) is 1. The number of amides is 2. The Morgan fingerprint density at radius 2 is 1.81 bits per heavy atom. The average molecular weight is 494 g/mol. The van der Waals surface area contributed by atoms with E-state index in [0.29, 0.717) is 36.7 Å². The molecule has 1 saturated heterocycles. The number of aromatic nitrogens is 3. The summed E-state index contributed by atoms with van der Waals surface area (Å²) in [5.74, 6) is 0.319. The minimum absolute atomic E-state index is 0.0117. The second-order valence-corrected chi connectivity index (χ2v) is 10.4. The van der Waals surface area contributed by atoms with Crippen LogP contribution in [0.3, 0.4) is 0 Å². The van der Waals surface area contributed by atoms with Gasteiger partial charge in [-0.3, -0.25) is 14.6 Å². The third kappa shape index (κ3) is 4.50. The number of aryl methyl sites for hydroxylation is 2. The van der Waals surface area contributed by atoms with Crippen molar-refractivity contribution in [1.29, 1.82) is 0 Å². The summed E-state index contributed by atoms with van der Waals surface area (Å²) in [6, 6.07) is 17.9. The zero-order valence-electron chi connectivity index (χ0n) is 21.2. The third-order valence-corrected chi connectivity index (χ3v) is 7.78. The number of carbonyl (C=O) groups is 2. The fourth-order valence-corrected chi connectivity index (χ4v) is 5.63. The highest BCUT2D eigenvalue weighted by Crippen LogP contribution is 2.41. The Labute approximate surface area is 216 Å². The van der Waals surface area contributed by atoms with Gasteiger partial charge in [-0.05, 0) is 67.0 Å². The molecule has 2 aromatic heterocycles. The van der Waals surface area contributed by atoms with Gasteiger partial charge in [0.05, 0.1) is 17.4 Å². The molecular weight excluding hydrogens is 462 g/mol. The van der Waals surface area contributed by atoms with Crippen LogP contribution in [0.5, 0.6) is 0 Å². The Morgan fingerprint density at radius 3 is 2.59 bits per heavy atom. The van der Waals surface area contributed by atoms with E-state index in [4.69, 9.17) is 0 Å². The first kappa shape index (κ1) is 23.4. The zero-order chi connectivity index (χ0) is 25.5. The van der Waals surface area contributed by atoms with Crippen LogP contribution in [0.4, 0.5) is 0 Å². The molecule has 2 aromatic carbocycles. The van der Waals surface area contributed by atoms with E-state index in [2.05, 4.69) is 27.4 Å². The van der Waals surface area contributed by atoms with Crippen molar-refractivity contribution >= 4 is 22.8 Å². The number of nitrogens with zero attached hydrogens (tertiary/aromatic N) is 4. The largest absolute Gasteiger partial charge is 0.347 e. The summed E-state index contributed by atoms with van der Waals surface area (Å²) in [4.78, 5) is 37.9. The molecular formula is C30H31N5O2. The Hall–Kier alpha value is -4.00. The van der Waals surface area contributed by atoms with Crippen molar-refractivity contribution in [3.63, 3.8) is 0 Å². The Bertz CT molecular complexity index is 1470. The van der Waals surface area contributed by atoms with E-state index in [1.54, 1.807) is 12.5 Å². The second-order valence-electron chi connectivity index (χ2n) is 10.4. The third-order valence-electron chi connectivity index (χ3n) is 7.78. The molecule has 1 aliphatic heterocycles. The predicted octanol–water partition coefficient (Wildman–Crippen LogP) is 4.58. The van der Waals surface area contributed by atoms with Gasteiger partial charge in [0.1, 0.15) is 5.69 Å². The van der Waals surface area contributed by atoms with E-state index in [-0.39, 0.29) is 23.8 Å². The summed E-state index contributed by atoms with van der Waals surface area (Å²) in [7, 11) is 1.94. The maximum Gasteiger partial charge on any atom is 0.270 e. The van der Waals surface area contributed by atoms with Gasteiger partial charge in [0.2, 0.25) is 0 Å². The smallest absolute Gasteiger partial charge is 0.270 e. The first-order valence-corrected chi connectivity index (χ1v) is 13.0. The second kappa shape index (κ2) is 9.47. The lowest BCUT2D eigenvalue weighted by molar-refractivity contribution is 0.0671. The van der Waals surface area contributed by atoms with Gasteiger partial charge in [-0.15, -0.1) is 0 Å². The number of imidazole rings is 1. The zero-order valence-corrected chi connectivity index (χ0v) is 21.2. The molecule has 2 fully saturated rings. The highest BCUT2D eigenvalue weighted by atomic mass is 16.2. The maximum atomic E-state index is 13.7. The molecule has 1 saturated carbocycles. The van der Waals surface area contributed by atoms with Crippen LogP contribution in [0.25, 0.3) is 11.0 Å². The first-order valence-electron chi connectivity index (χ1n) is 13.0. The van der Waals surface area contributed by atoms with Gasteiger partial charge < -0.3 is 14.8 Å². The molecule has 37 heavy (non-hydrogen) atoms. The number of benzene rings is 2. The van der Waals surface area contributed by atoms with Crippen LogP contribution in [-0.2, 0) is 7.05 Å². The quantitative estimate of drug-likeness (QED) is 0.441. The van der Waals surface area contributed by atoms with E-state index in [1.165, 1.54) is 0 Å². The van der Waals surface area contributed by atoms with Gasteiger partial charge in [0.15, 0.2) is 0 Å². The minimum Gasteiger partial charge on any atom is -0.347 e. The molecule has 3 heterocycles. The topological polar surface area (TPSA) is 80.1 Å². The number of nitrogens with one attached hydrogen (secondary N) is 1. The summed E-state index contributed by atoms with van der Waals surface area (Å²) >= 11 is 0. The Kier molecular flexibility index (Phi) is 5.99. The molecule has 0 unspecified atom stereocenters. The van der Waals surface area contributed by atoms with Crippen LogP contribution in [0, 0.1) is 6.92 Å². The summed E-state index contributed by atoms with van der Waals surface area (Å²) in [6.07, 6.45) is 6.38. The fourth-order valence-electron chi connectivity index (χ4n) is 5.63. The van der Waals surface area contributed by atoms with Gasteiger partial charge in [0, 0.05) is 43.9 Å². The van der Waals surface area contributed by atoms with Crippen molar-refractivity contribution < 1.29 is 9.59 Å². The van der Waals surface area contributed by atoms with Gasteiger partial charge in [-0.2, -0.15) is 0 Å². The Balaban J connectivity index is 1.26. The molecule has 1 aliphatic carbocycles. The minimum atomic E-state index is -0.120. The molecule has 2 atom stereocenters. The van der Waals surface area contributed by atoms with Crippen molar-refractivity contribution in [3.8, 4) is 0 Å². The standard InChI is InChI=1S/C30H31N5O2/c1-19-15-22(16-26-27(19)32-18-34(26)2)30(37)35-14-12-25(24(17-35)20-7-4-3-5-8-20)33-29(36)28-23(21-10-11-21)9-6-13-31-28/h3-9,13,15-16,18,21,24-25H,10-12,14,17H2,1-2H3,(H,33,36)/t24-,25-/m1/s1. The molecule has 7 nitrogen and oxygen atoms in total. The number of pyridine rings is 1. The van der Waals surface area contributed by atoms with Crippen molar-refractivity contribution in [2.24, 2.45) is 7.05 Å². The van der Waals surface area contributed by atoms with E-state index in [9.17, 15) is 9.59 Å². The van der Waals surface area contributed by atoms with Crippen LogP contribution in [0.15, 0.2) is 67.1 Å². The van der Waals surface area contributed by atoms with Gasteiger partial charge in [-0.1, -0.05) is 36.4 Å². The van der Waals surface area contributed by atoms with Crippen molar-refractivity contribution in [2.45, 2.75) is 44.1 Å². The highest BCUT2D eigenvalue weighted by Gasteiger charge is 2.35. The lowest BCUT2D eigenvalue weighted by Crippen LogP contribution is -2.51. The summed E-state index contributed by atoms with van der Waals surface area (Å²) in [5.41, 5.74) is 6.23. The number of fused-ring (bicyclic) bond motifs is 1. The van der Waals surface area contributed by atoms with Crippen LogP contribution in [0.1, 0.15) is 68.6 Å². The van der Waals surface area contributed by atoms with Crippen LogP contribution in [-0.4, -0.2) is 50.4 Å². The van der Waals surface area contributed by atoms with Crippen LogP contribution < -0.4 is 5.32 Å². The van der Waals surface area contributed by atoms with E-state index in [1.807, 2.05) is 65.9 Å². The molecule has 7 heteroatoms. The molecule has 188 valence electrons. The van der Waals surface area contributed by atoms with Gasteiger partial charge in [-0.25, -0.2) is 4.98 Å². The molecule has 0 bridgehead atoms. The lowest BCUT2D eigenvalue weighted by atomic mass is 9.85. The maximum absolute atomic E-state index is 13.7. The molecule has 2 aliphatic rings. The summed E-state index contributed by atoms with van der Waals surface area (Å²) < 4.78 is 1.95. The fraction of sp³-hybridized carbons (Fsp3) is 0.333. The molecule has 4 aromatic rings. The van der Waals surface area contributed by atoms with Gasteiger partial charge >= 0.3 is 0 Å². The van der Waals surface area contributed by atoms with Crippen molar-refractivity contribution in [2.75, 3.05) is 13.1 Å². The van der Waals surface area contributed by atoms with E-state index in [0.717, 1.165) is 40.6 Å². The molecule has 0 radical (unpaired) electrons. The van der Waals surface area contributed by atoms with Crippen LogP contribution in [0.2, 0.25) is 0 Å². The predicted molar refractivity (Wildman–Crippen MR) is 143 cm³/mol. The summed E-state index contributed by atoms with van der Waals surface area (Å²) in [5, 5.41) is 3.29. The van der Waals surface area contributed by atoms with Crippen molar-refractivity contribution in [3.05, 3.63) is 95.1 Å². The van der Waals surface area contributed by atoms with E-state index >= 15 is 0 Å². The molecule has 2 amide bonds. The molecule has 6 rings (SSSR count). The Morgan fingerprint density at radius 1 is 1.00 bits per heavy atom. The van der Waals surface area contributed by atoms with Crippen LogP contribution >= 0.6 is 0 Å². The van der Waals surface area contributed by atoms with Gasteiger partial charge in [0.25, 0.3) is 11.8 Å². The highest BCUT2D eigenvalue weighted by molar-refractivity contribution is 5.98. The van der Waals surface area contributed by atoms with E-state index < -0.39 is 0 Å². The number of rotatable bonds is 5. The number of piperidine rings is 1. The number of carbonyl (C=O) groups excluding carboxylic acids is 2. The molecule has 0 spiro atoms. The lowest BCUT2D eigenvalue weighted by Gasteiger charge is -2.39. The number of hydrogen-bond donors (Lipinski definition) is 1. The number of hydrogen-bond acceptors (Lipinski definition) is 4. The monoisotopic (exact) mass is 493 g/mol.